The summed E-state index contributed by atoms with van der Waals surface area (Å²) >= 11 is 0. The Morgan fingerprint density at radius 2 is 1.11 bits per heavy atom. The molecule has 2 aromatic carbocycles. The van der Waals surface area contributed by atoms with Gasteiger partial charge in [0.05, 0.1) is 45.9 Å². The molecule has 2 aliphatic rings. The average Bonchev–Trinajstić information content (AvgIpc) is 3.85. The van der Waals surface area contributed by atoms with Gasteiger partial charge in [0.2, 0.25) is 0 Å². The Bertz CT molecular complexity index is 2620. The van der Waals surface area contributed by atoms with Gasteiger partial charge in [-0.3, -0.25) is 20.2 Å². The van der Waals surface area contributed by atoms with Crippen LogP contribution in [0.15, 0.2) is 104 Å². The molecule has 6 aromatic heterocycles. The Morgan fingerprint density at radius 3 is 1.64 bits per heavy atom. The molecule has 0 aliphatic heterocycles. The molecule has 4 N–H and O–H groups in total. The molecule has 10 rings (SSSR count). The van der Waals surface area contributed by atoms with Crippen molar-refractivity contribution in [2.45, 2.75) is 49.6 Å². The molecule has 2 saturated carbocycles. The van der Waals surface area contributed by atoms with Crippen LogP contribution in [0, 0.1) is 17.5 Å². The fraction of sp³-hybridized carbons (Fsp3) is 0.200. The Hall–Kier alpha value is -6.77. The molecular weight excluding hydrogens is 706 g/mol. The van der Waals surface area contributed by atoms with Gasteiger partial charge in [0.1, 0.15) is 40.5 Å². The number of aromatic amines is 2. The molecular formula is C40H33F3N12. The van der Waals surface area contributed by atoms with Crippen LogP contribution >= 0.6 is 0 Å². The van der Waals surface area contributed by atoms with Gasteiger partial charge in [-0.1, -0.05) is 6.07 Å². The van der Waals surface area contributed by atoms with Gasteiger partial charge < -0.3 is 10.6 Å². The van der Waals surface area contributed by atoms with Gasteiger partial charge >= 0.3 is 0 Å². The maximum Gasteiger partial charge on any atom is 0.149 e. The maximum atomic E-state index is 14.4. The number of fused-ring (bicyclic) bond motifs is 2. The molecule has 2 fully saturated rings. The second-order valence-electron chi connectivity index (χ2n) is 13.9. The van der Waals surface area contributed by atoms with Crippen LogP contribution in [0.1, 0.15) is 49.9 Å². The van der Waals surface area contributed by atoms with E-state index in [1.54, 1.807) is 55.1 Å². The van der Waals surface area contributed by atoms with Crippen LogP contribution in [0.3, 0.4) is 0 Å². The minimum atomic E-state index is -0.581. The number of rotatable bonds is 8. The van der Waals surface area contributed by atoms with Crippen molar-refractivity contribution in [3.63, 3.8) is 0 Å². The lowest BCUT2D eigenvalue weighted by Gasteiger charge is -2.42. The Morgan fingerprint density at radius 1 is 0.545 bits per heavy atom. The molecule has 6 heterocycles. The van der Waals surface area contributed by atoms with Crippen molar-refractivity contribution in [1.29, 1.82) is 0 Å². The number of anilines is 2. The molecule has 274 valence electrons. The highest BCUT2D eigenvalue weighted by molar-refractivity contribution is 5.84. The summed E-state index contributed by atoms with van der Waals surface area (Å²) in [5.41, 5.74) is 3.87. The minimum Gasteiger partial charge on any atom is -0.357 e. The summed E-state index contributed by atoms with van der Waals surface area (Å²) in [6.07, 6.45) is 11.8. The molecule has 2 aliphatic carbocycles. The predicted octanol–water partition coefficient (Wildman–Crippen LogP) is 8.23. The van der Waals surface area contributed by atoms with Gasteiger partial charge in [0, 0.05) is 40.4 Å². The summed E-state index contributed by atoms with van der Waals surface area (Å²) in [5, 5.41) is 39.1. The van der Waals surface area contributed by atoms with E-state index in [9.17, 15) is 13.2 Å². The van der Waals surface area contributed by atoms with Gasteiger partial charge in [-0.25, -0.2) is 13.2 Å². The molecule has 0 radical (unpaired) electrons. The first-order chi connectivity index (χ1) is 26.9. The molecule has 15 heteroatoms. The van der Waals surface area contributed by atoms with Crippen molar-refractivity contribution in [2.75, 3.05) is 10.6 Å². The van der Waals surface area contributed by atoms with Crippen LogP contribution < -0.4 is 10.6 Å². The lowest BCUT2D eigenvalue weighted by Crippen LogP contribution is -2.43. The molecule has 0 spiro atoms. The number of pyridine rings is 2. The highest BCUT2D eigenvalue weighted by atomic mass is 19.1. The molecule has 0 saturated heterocycles. The Balaban J connectivity index is 0.000000144. The van der Waals surface area contributed by atoms with E-state index in [-0.39, 0.29) is 11.6 Å². The number of halogens is 3. The van der Waals surface area contributed by atoms with Crippen LogP contribution in [0.2, 0.25) is 0 Å². The minimum absolute atomic E-state index is 0.289. The van der Waals surface area contributed by atoms with E-state index in [4.69, 9.17) is 0 Å². The van der Waals surface area contributed by atoms with E-state index in [0.717, 1.165) is 66.1 Å². The molecule has 0 amide bonds. The quantitative estimate of drug-likeness (QED) is 0.120. The third-order valence-electron chi connectivity index (χ3n) is 10.4. The van der Waals surface area contributed by atoms with Gasteiger partial charge in [-0.2, -0.15) is 10.2 Å². The zero-order chi connectivity index (χ0) is 37.4. The van der Waals surface area contributed by atoms with Crippen LogP contribution in [-0.2, 0) is 11.1 Å². The lowest BCUT2D eigenvalue weighted by molar-refractivity contribution is 0.265. The van der Waals surface area contributed by atoms with E-state index in [0.29, 0.717) is 39.8 Å². The van der Waals surface area contributed by atoms with Crippen molar-refractivity contribution in [3.8, 4) is 22.5 Å². The fourth-order valence-electron chi connectivity index (χ4n) is 7.23. The number of hydrogen-bond acceptors (Lipinski definition) is 10. The summed E-state index contributed by atoms with van der Waals surface area (Å²) < 4.78 is 42.9. The molecule has 55 heavy (non-hydrogen) atoms. The number of benzene rings is 2. The van der Waals surface area contributed by atoms with Crippen molar-refractivity contribution in [3.05, 3.63) is 132 Å². The summed E-state index contributed by atoms with van der Waals surface area (Å²) in [5.74, 6) is 0.0847. The first-order valence-electron chi connectivity index (χ1n) is 17.9. The summed E-state index contributed by atoms with van der Waals surface area (Å²) in [4.78, 5) is 8.49. The smallest absolute Gasteiger partial charge is 0.149 e. The van der Waals surface area contributed by atoms with Crippen LogP contribution in [-0.4, -0.2) is 50.8 Å². The summed E-state index contributed by atoms with van der Waals surface area (Å²) in [7, 11) is 0. The van der Waals surface area contributed by atoms with E-state index >= 15 is 0 Å². The van der Waals surface area contributed by atoms with Crippen molar-refractivity contribution in [1.82, 2.24) is 50.8 Å². The van der Waals surface area contributed by atoms with Gasteiger partial charge in [-0.05, 0) is 105 Å². The second-order valence-corrected chi connectivity index (χ2v) is 13.9. The van der Waals surface area contributed by atoms with E-state index in [1.165, 1.54) is 18.2 Å². The number of nitrogens with one attached hydrogen (secondary N) is 4. The zero-order valence-corrected chi connectivity index (χ0v) is 29.3. The lowest BCUT2D eigenvalue weighted by atomic mass is 9.74. The largest absolute Gasteiger partial charge is 0.357 e. The Labute approximate surface area is 312 Å². The van der Waals surface area contributed by atoms with E-state index in [2.05, 4.69) is 61.4 Å². The van der Waals surface area contributed by atoms with Crippen molar-refractivity contribution >= 4 is 33.4 Å². The number of H-pyrrole nitrogens is 2. The topological polar surface area (TPSA) is 159 Å². The molecule has 8 aromatic rings. The first kappa shape index (κ1) is 34.0. The van der Waals surface area contributed by atoms with E-state index in [1.807, 2.05) is 30.3 Å². The highest BCUT2D eigenvalue weighted by Crippen LogP contribution is 2.45. The van der Waals surface area contributed by atoms with Gasteiger partial charge in [0.25, 0.3) is 0 Å². The third kappa shape index (κ3) is 6.47. The van der Waals surface area contributed by atoms with Gasteiger partial charge in [-0.15, -0.1) is 20.4 Å². The monoisotopic (exact) mass is 738 g/mol. The number of hydrogen-bond donors (Lipinski definition) is 4. The first-order valence-corrected chi connectivity index (χ1v) is 17.9. The highest BCUT2D eigenvalue weighted by Gasteiger charge is 2.43. The Kier molecular flexibility index (Phi) is 8.60. The molecule has 12 nitrogen and oxygen atoms in total. The van der Waals surface area contributed by atoms with Crippen LogP contribution in [0.4, 0.5) is 24.8 Å². The normalized spacial score (nSPS) is 15.4. The average molecular weight is 739 g/mol. The van der Waals surface area contributed by atoms with E-state index < -0.39 is 16.9 Å². The summed E-state index contributed by atoms with van der Waals surface area (Å²) in [6.45, 7) is 0. The number of aromatic nitrogens is 10. The molecule has 0 atom stereocenters. The fourth-order valence-corrected chi connectivity index (χ4v) is 7.23. The van der Waals surface area contributed by atoms with Crippen LogP contribution in [0.5, 0.6) is 0 Å². The zero-order valence-electron chi connectivity index (χ0n) is 29.3. The van der Waals surface area contributed by atoms with Crippen LogP contribution in [0.25, 0.3) is 44.3 Å². The standard InChI is InChI=1S/C20H16F2N6.C20H17FN6/c21-14-3-1-8-23-19(14)20(6-2-7-20)25-18-5-4-16(27-28-18)13-9-12-11-24-26-17(12)10-15(13)22;21-15-3-1-10-22-19(15)20(8-2-9-20)24-18-7-6-16(26-27-18)13-4-5-17-14(11-13)12-23-25-17/h1,3-5,8-11H,2,6-7H2,(H,24,26)(H,25,28);1,3-7,10-12H,2,8-9H2,(H,23,25)(H,24,27). The predicted molar refractivity (Wildman–Crippen MR) is 201 cm³/mol. The van der Waals surface area contributed by atoms with Gasteiger partial charge in [0.15, 0.2) is 0 Å². The van der Waals surface area contributed by atoms with Crippen molar-refractivity contribution < 1.29 is 13.2 Å². The molecule has 0 unspecified atom stereocenters. The maximum absolute atomic E-state index is 14.4. The second kappa shape index (κ2) is 13.9. The molecule has 0 bridgehead atoms. The number of nitrogens with zero attached hydrogens (tertiary/aromatic N) is 8. The van der Waals surface area contributed by atoms with Crippen molar-refractivity contribution in [2.24, 2.45) is 0 Å². The SMILES string of the molecule is Fc1cc2[nH]ncc2cc1-c1ccc(NC2(c3ncccc3F)CCC2)nn1.Fc1cccnc1C1(Nc2ccc(-c3ccc4[nH]ncc4c3)nn2)CCC1. The third-order valence-corrected chi connectivity index (χ3v) is 10.4. The summed E-state index contributed by atoms with van der Waals surface area (Å²) in [6, 6.07) is 22.3.